The molecule has 11 aromatic rings. The van der Waals surface area contributed by atoms with Crippen LogP contribution in [-0.2, 0) is 5.41 Å². The van der Waals surface area contributed by atoms with E-state index in [0.717, 1.165) is 55.0 Å². The van der Waals surface area contributed by atoms with Gasteiger partial charge in [-0.1, -0.05) is 154 Å². The molecule has 9 aromatic carbocycles. The van der Waals surface area contributed by atoms with Gasteiger partial charge in [-0.15, -0.1) is 0 Å². The fraction of sp³-hybridized carbons (Fsp3) is 0.0800. The first-order valence-electron chi connectivity index (χ1n) is 18.1. The van der Waals surface area contributed by atoms with Gasteiger partial charge >= 0.3 is 0 Å². The van der Waals surface area contributed by atoms with Crippen molar-refractivity contribution in [3.05, 3.63) is 157 Å². The number of para-hydroxylation sites is 4. The third kappa shape index (κ3) is 4.12. The molecule has 246 valence electrons. The minimum absolute atomic E-state index is 0.0718. The average Bonchev–Trinajstić information content (AvgIpc) is 3.75. The van der Waals surface area contributed by atoms with Crippen LogP contribution in [-0.4, -0.2) is 0 Å². The van der Waals surface area contributed by atoms with Gasteiger partial charge in [-0.25, -0.2) is 0 Å². The van der Waals surface area contributed by atoms with Crippen molar-refractivity contribution in [2.45, 2.75) is 26.2 Å². The smallest absolute Gasteiger partial charge is 0.143 e. The van der Waals surface area contributed by atoms with Gasteiger partial charge in [0, 0.05) is 32.7 Å². The maximum Gasteiger partial charge on any atom is 0.143 e. The van der Waals surface area contributed by atoms with Crippen molar-refractivity contribution < 1.29 is 8.83 Å². The summed E-state index contributed by atoms with van der Waals surface area (Å²) in [5.74, 6) is 0. The van der Waals surface area contributed by atoms with Gasteiger partial charge in [-0.05, 0) is 83.7 Å². The molecule has 2 aromatic heterocycles. The van der Waals surface area contributed by atoms with E-state index in [1.807, 2.05) is 12.1 Å². The van der Waals surface area contributed by atoms with Crippen molar-refractivity contribution in [1.82, 2.24) is 0 Å². The van der Waals surface area contributed by atoms with E-state index in [4.69, 9.17) is 8.83 Å². The standard InChI is InChI=1S/C50H34O2/c1-50(2,3)31-22-18-29(19-23-31)42-28-43(41-15-9-14-40-34-11-5-7-17-45(34)52-49(40)41)37-25-21-30-20-24-32(35-26-27-36(42)47(37)46(30)35)38-12-8-13-39-33-10-4-6-16-44(33)51-48(38)39/h4-28H,1-3H3. The highest BCUT2D eigenvalue weighted by molar-refractivity contribution is 6.31. The summed E-state index contributed by atoms with van der Waals surface area (Å²) in [4.78, 5) is 0. The van der Waals surface area contributed by atoms with E-state index in [-0.39, 0.29) is 5.41 Å². The Balaban J connectivity index is 1.25. The van der Waals surface area contributed by atoms with Crippen LogP contribution in [0.5, 0.6) is 0 Å². The number of fused-ring (bicyclic) bond motifs is 6. The fourth-order valence-electron chi connectivity index (χ4n) is 8.66. The first kappa shape index (κ1) is 29.4. The lowest BCUT2D eigenvalue weighted by Crippen LogP contribution is -2.10. The zero-order valence-electron chi connectivity index (χ0n) is 29.3. The molecular weight excluding hydrogens is 633 g/mol. The number of benzene rings is 9. The van der Waals surface area contributed by atoms with Crippen molar-refractivity contribution in [2.75, 3.05) is 0 Å². The van der Waals surface area contributed by atoms with Crippen LogP contribution in [0.15, 0.2) is 160 Å². The molecule has 0 bridgehead atoms. The lowest BCUT2D eigenvalue weighted by atomic mass is 9.82. The molecule has 0 N–H and O–H groups in total. The quantitative estimate of drug-likeness (QED) is 0.175. The summed E-state index contributed by atoms with van der Waals surface area (Å²) in [5, 5.41) is 12.0. The highest BCUT2D eigenvalue weighted by atomic mass is 16.3. The Kier molecular flexibility index (Phi) is 5.97. The van der Waals surface area contributed by atoms with E-state index in [9.17, 15) is 0 Å². The van der Waals surface area contributed by atoms with Crippen LogP contribution < -0.4 is 0 Å². The van der Waals surface area contributed by atoms with E-state index < -0.39 is 0 Å². The Morgan fingerprint density at radius 1 is 0.365 bits per heavy atom. The predicted octanol–water partition coefficient (Wildman–Crippen LogP) is 14.7. The third-order valence-corrected chi connectivity index (χ3v) is 11.2. The molecule has 0 atom stereocenters. The van der Waals surface area contributed by atoms with E-state index in [1.54, 1.807) is 0 Å². The molecule has 0 spiro atoms. The molecule has 0 unspecified atom stereocenters. The van der Waals surface area contributed by atoms with Crippen LogP contribution in [0.25, 0.3) is 110 Å². The molecule has 2 heteroatoms. The molecule has 52 heavy (non-hydrogen) atoms. The van der Waals surface area contributed by atoms with Gasteiger partial charge in [-0.3, -0.25) is 0 Å². The van der Waals surface area contributed by atoms with Crippen molar-refractivity contribution in [3.8, 4) is 33.4 Å². The zero-order valence-corrected chi connectivity index (χ0v) is 29.3. The van der Waals surface area contributed by atoms with Crippen molar-refractivity contribution >= 4 is 76.2 Å². The topological polar surface area (TPSA) is 26.3 Å². The van der Waals surface area contributed by atoms with Crippen molar-refractivity contribution in [3.63, 3.8) is 0 Å². The Hall–Kier alpha value is -6.38. The van der Waals surface area contributed by atoms with Crippen molar-refractivity contribution in [1.29, 1.82) is 0 Å². The van der Waals surface area contributed by atoms with Crippen LogP contribution in [0.3, 0.4) is 0 Å². The van der Waals surface area contributed by atoms with Gasteiger partial charge in [-0.2, -0.15) is 0 Å². The maximum atomic E-state index is 6.66. The summed E-state index contributed by atoms with van der Waals surface area (Å²) >= 11 is 0. The van der Waals surface area contributed by atoms with Gasteiger partial charge < -0.3 is 8.83 Å². The zero-order chi connectivity index (χ0) is 34.7. The van der Waals surface area contributed by atoms with Gasteiger partial charge in [0.05, 0.1) is 0 Å². The Morgan fingerprint density at radius 3 is 1.52 bits per heavy atom. The van der Waals surface area contributed by atoms with Crippen LogP contribution in [0.4, 0.5) is 0 Å². The molecule has 0 aliphatic heterocycles. The molecule has 0 fully saturated rings. The molecule has 0 aliphatic carbocycles. The monoisotopic (exact) mass is 666 g/mol. The van der Waals surface area contributed by atoms with Gasteiger partial charge in [0.15, 0.2) is 0 Å². The van der Waals surface area contributed by atoms with Crippen LogP contribution in [0, 0.1) is 0 Å². The van der Waals surface area contributed by atoms with E-state index >= 15 is 0 Å². The Morgan fingerprint density at radius 2 is 0.885 bits per heavy atom. The van der Waals surface area contributed by atoms with Gasteiger partial charge in [0.2, 0.25) is 0 Å². The van der Waals surface area contributed by atoms with E-state index in [0.29, 0.717) is 0 Å². The summed E-state index contributed by atoms with van der Waals surface area (Å²) in [6.07, 6.45) is 0. The lowest BCUT2D eigenvalue weighted by Gasteiger charge is -2.21. The summed E-state index contributed by atoms with van der Waals surface area (Å²) in [6.45, 7) is 6.81. The summed E-state index contributed by atoms with van der Waals surface area (Å²) in [5.41, 5.74) is 12.0. The molecule has 2 heterocycles. The second-order valence-electron chi connectivity index (χ2n) is 15.2. The number of furan rings is 2. The molecule has 0 saturated carbocycles. The molecule has 2 nitrogen and oxygen atoms in total. The van der Waals surface area contributed by atoms with Gasteiger partial charge in [0.1, 0.15) is 22.3 Å². The normalized spacial score (nSPS) is 12.5. The van der Waals surface area contributed by atoms with E-state index in [2.05, 4.69) is 160 Å². The Bertz CT molecular complexity index is 3200. The molecule has 0 radical (unpaired) electrons. The average molecular weight is 667 g/mol. The molecule has 0 aliphatic rings. The SMILES string of the molecule is CC(C)(C)c1ccc(-c2cc(-c3cccc4c3oc3ccccc34)c3ccc4ccc(-c5cccc6c5oc5ccccc56)c5ccc2c3c45)cc1. The Labute approximate surface area is 300 Å². The molecule has 11 rings (SSSR count). The number of rotatable bonds is 3. The maximum absolute atomic E-state index is 6.66. The minimum Gasteiger partial charge on any atom is -0.455 e. The lowest BCUT2D eigenvalue weighted by molar-refractivity contribution is 0.590. The van der Waals surface area contributed by atoms with E-state index in [1.165, 1.54) is 60.1 Å². The number of hydrogen-bond donors (Lipinski definition) is 0. The second kappa shape index (κ2) is 10.6. The summed E-state index contributed by atoms with van der Waals surface area (Å²) in [7, 11) is 0. The highest BCUT2D eigenvalue weighted by Crippen LogP contribution is 2.48. The third-order valence-electron chi connectivity index (χ3n) is 11.2. The second-order valence-corrected chi connectivity index (χ2v) is 15.2. The first-order valence-corrected chi connectivity index (χ1v) is 18.1. The highest BCUT2D eigenvalue weighted by Gasteiger charge is 2.22. The van der Waals surface area contributed by atoms with Crippen LogP contribution in [0.2, 0.25) is 0 Å². The summed E-state index contributed by atoms with van der Waals surface area (Å²) in [6, 6.07) is 55.2. The molecule has 0 amide bonds. The molecular formula is C50H34O2. The fourth-order valence-corrected chi connectivity index (χ4v) is 8.66. The first-order chi connectivity index (χ1) is 25.4. The van der Waals surface area contributed by atoms with Crippen molar-refractivity contribution in [2.24, 2.45) is 0 Å². The summed E-state index contributed by atoms with van der Waals surface area (Å²) < 4.78 is 13.2. The minimum atomic E-state index is 0.0718. The molecule has 0 saturated heterocycles. The van der Waals surface area contributed by atoms with Gasteiger partial charge in [0.25, 0.3) is 0 Å². The predicted molar refractivity (Wildman–Crippen MR) is 220 cm³/mol. The van der Waals surface area contributed by atoms with Crippen LogP contribution >= 0.6 is 0 Å². The largest absolute Gasteiger partial charge is 0.455 e. The number of hydrogen-bond acceptors (Lipinski definition) is 2. The van der Waals surface area contributed by atoms with Crippen LogP contribution in [0.1, 0.15) is 26.3 Å².